The molecule has 2 nitrogen and oxygen atoms in total. The summed E-state index contributed by atoms with van der Waals surface area (Å²) in [6, 6.07) is 0. The summed E-state index contributed by atoms with van der Waals surface area (Å²) in [6.07, 6.45) is -0.981. The number of carbonyl (C=O) groups is 1. The molecule has 58 valence electrons. The molecular formula is C6H9F2NO. The molecule has 0 radical (unpaired) electrons. The van der Waals surface area contributed by atoms with Gasteiger partial charge in [0, 0.05) is 12.8 Å². The highest BCUT2D eigenvalue weighted by molar-refractivity contribution is 5.87. The third kappa shape index (κ3) is 1.03. The fraction of sp³-hybridized carbons (Fsp3) is 0.833. The molecule has 0 aromatic heterocycles. The number of hydrogen-bond donors (Lipinski definition) is 1. The van der Waals surface area contributed by atoms with Gasteiger partial charge in [-0.3, -0.25) is 4.79 Å². The molecule has 1 saturated carbocycles. The maximum absolute atomic E-state index is 12.2. The molecule has 0 amide bonds. The fourth-order valence-electron chi connectivity index (χ4n) is 1.12. The highest BCUT2D eigenvalue weighted by atomic mass is 19.3. The molecule has 1 fully saturated rings. The van der Waals surface area contributed by atoms with Crippen molar-refractivity contribution in [1.29, 1.82) is 0 Å². The van der Waals surface area contributed by atoms with E-state index >= 15 is 0 Å². The molecule has 0 bridgehead atoms. The Morgan fingerprint density at radius 3 is 2.00 bits per heavy atom. The van der Waals surface area contributed by atoms with Crippen LogP contribution in [0.2, 0.25) is 0 Å². The molecule has 10 heavy (non-hydrogen) atoms. The van der Waals surface area contributed by atoms with Crippen LogP contribution in [-0.4, -0.2) is 17.2 Å². The van der Waals surface area contributed by atoms with E-state index in [0.717, 1.165) is 0 Å². The number of halogens is 2. The van der Waals surface area contributed by atoms with Crippen molar-refractivity contribution in [2.45, 2.75) is 31.2 Å². The zero-order valence-electron chi connectivity index (χ0n) is 5.66. The normalized spacial score (nSPS) is 27.2. The van der Waals surface area contributed by atoms with Crippen LogP contribution in [0.15, 0.2) is 0 Å². The van der Waals surface area contributed by atoms with E-state index in [1.807, 2.05) is 0 Å². The number of ketones is 1. The number of Topliss-reactive ketones (excluding diaryl/α,β-unsaturated/α-hetero) is 1. The second-order valence-corrected chi connectivity index (χ2v) is 2.92. The van der Waals surface area contributed by atoms with Gasteiger partial charge in [-0.25, -0.2) is 8.78 Å². The molecule has 4 heteroatoms. The van der Waals surface area contributed by atoms with Crippen LogP contribution >= 0.6 is 0 Å². The van der Waals surface area contributed by atoms with Gasteiger partial charge in [0.05, 0.1) is 5.54 Å². The van der Waals surface area contributed by atoms with Crippen molar-refractivity contribution in [3.63, 3.8) is 0 Å². The Balaban J connectivity index is 2.58. The van der Waals surface area contributed by atoms with Gasteiger partial charge >= 0.3 is 0 Å². The molecule has 0 spiro atoms. The van der Waals surface area contributed by atoms with Crippen molar-refractivity contribution < 1.29 is 13.6 Å². The van der Waals surface area contributed by atoms with E-state index in [4.69, 9.17) is 5.73 Å². The van der Waals surface area contributed by atoms with E-state index in [1.165, 1.54) is 6.92 Å². The Kier molecular flexibility index (Phi) is 1.33. The van der Waals surface area contributed by atoms with Crippen molar-refractivity contribution in [2.75, 3.05) is 0 Å². The van der Waals surface area contributed by atoms with E-state index in [1.54, 1.807) is 0 Å². The zero-order valence-corrected chi connectivity index (χ0v) is 5.66. The van der Waals surface area contributed by atoms with Gasteiger partial charge in [0.25, 0.3) is 5.92 Å². The molecule has 0 aromatic rings. The van der Waals surface area contributed by atoms with Gasteiger partial charge in [0.15, 0.2) is 0 Å². The first kappa shape index (κ1) is 7.60. The quantitative estimate of drug-likeness (QED) is 0.596. The van der Waals surface area contributed by atoms with Crippen LogP contribution in [0.1, 0.15) is 19.8 Å². The second-order valence-electron chi connectivity index (χ2n) is 2.92. The molecule has 0 unspecified atom stereocenters. The summed E-state index contributed by atoms with van der Waals surface area (Å²) in [6.45, 7) is 1.25. The third-order valence-corrected chi connectivity index (χ3v) is 1.85. The third-order valence-electron chi connectivity index (χ3n) is 1.85. The van der Waals surface area contributed by atoms with E-state index in [0.29, 0.717) is 0 Å². The summed E-state index contributed by atoms with van der Waals surface area (Å²) >= 11 is 0. The van der Waals surface area contributed by atoms with E-state index in [2.05, 4.69) is 0 Å². The predicted octanol–water partition coefficient (Wildman–Crippen LogP) is 0.702. The Hall–Kier alpha value is -0.510. The van der Waals surface area contributed by atoms with Crippen LogP contribution < -0.4 is 5.73 Å². The summed E-state index contributed by atoms with van der Waals surface area (Å²) in [4.78, 5) is 10.6. The highest BCUT2D eigenvalue weighted by Crippen LogP contribution is 2.44. The lowest BCUT2D eigenvalue weighted by molar-refractivity contribution is -0.152. The average Bonchev–Trinajstić information content (AvgIpc) is 1.59. The first-order valence-corrected chi connectivity index (χ1v) is 3.03. The molecule has 2 N–H and O–H groups in total. The molecular weight excluding hydrogens is 140 g/mol. The fourth-order valence-corrected chi connectivity index (χ4v) is 1.12. The van der Waals surface area contributed by atoms with Crippen LogP contribution in [0.3, 0.4) is 0 Å². The monoisotopic (exact) mass is 149 g/mol. The minimum Gasteiger partial charge on any atom is -0.319 e. The summed E-state index contributed by atoms with van der Waals surface area (Å²) in [7, 11) is 0. The Bertz CT molecular complexity index is 171. The zero-order chi connectivity index (χ0) is 7.99. The van der Waals surface area contributed by atoms with E-state index in [-0.39, 0.29) is 5.78 Å². The van der Waals surface area contributed by atoms with Gasteiger partial charge in [0.2, 0.25) is 0 Å². The van der Waals surface area contributed by atoms with Crippen molar-refractivity contribution in [3.8, 4) is 0 Å². The SMILES string of the molecule is CC(=O)C1(N)CC(F)(F)C1. The van der Waals surface area contributed by atoms with Crippen molar-refractivity contribution in [3.05, 3.63) is 0 Å². The topological polar surface area (TPSA) is 43.1 Å². The standard InChI is InChI=1S/C6H9F2NO/c1-4(10)5(9)2-6(7,8)3-5/h2-3,9H2,1H3. The largest absolute Gasteiger partial charge is 0.319 e. The number of rotatable bonds is 1. The van der Waals surface area contributed by atoms with Crippen LogP contribution in [0.5, 0.6) is 0 Å². The maximum atomic E-state index is 12.2. The maximum Gasteiger partial charge on any atom is 0.252 e. The van der Waals surface area contributed by atoms with Crippen LogP contribution in [-0.2, 0) is 4.79 Å². The number of alkyl halides is 2. The van der Waals surface area contributed by atoms with Gasteiger partial charge in [0.1, 0.15) is 5.78 Å². The summed E-state index contributed by atoms with van der Waals surface area (Å²) in [5.41, 5.74) is 4.06. The highest BCUT2D eigenvalue weighted by Gasteiger charge is 2.56. The lowest BCUT2D eigenvalue weighted by Gasteiger charge is -2.42. The molecule has 1 aliphatic rings. The Morgan fingerprint density at radius 1 is 1.50 bits per heavy atom. The van der Waals surface area contributed by atoms with Gasteiger partial charge in [-0.2, -0.15) is 0 Å². The number of hydrogen-bond acceptors (Lipinski definition) is 2. The minimum atomic E-state index is -2.71. The van der Waals surface area contributed by atoms with Crippen LogP contribution in [0.4, 0.5) is 8.78 Å². The smallest absolute Gasteiger partial charge is 0.252 e. The Labute approximate surface area is 57.4 Å². The van der Waals surface area contributed by atoms with Crippen molar-refractivity contribution in [2.24, 2.45) is 5.73 Å². The lowest BCUT2D eigenvalue weighted by atomic mass is 9.72. The van der Waals surface area contributed by atoms with Crippen LogP contribution in [0, 0.1) is 0 Å². The first-order chi connectivity index (χ1) is 4.36. The second kappa shape index (κ2) is 1.75. The number of nitrogens with two attached hydrogens (primary N) is 1. The average molecular weight is 149 g/mol. The van der Waals surface area contributed by atoms with E-state index < -0.39 is 24.3 Å². The molecule has 1 rings (SSSR count). The van der Waals surface area contributed by atoms with Gasteiger partial charge < -0.3 is 5.73 Å². The minimum absolute atomic E-state index is 0.349. The summed E-state index contributed by atoms with van der Waals surface area (Å²) < 4.78 is 24.3. The first-order valence-electron chi connectivity index (χ1n) is 3.03. The Morgan fingerprint density at radius 2 is 1.90 bits per heavy atom. The van der Waals surface area contributed by atoms with Crippen molar-refractivity contribution >= 4 is 5.78 Å². The molecule has 0 saturated heterocycles. The van der Waals surface area contributed by atoms with Crippen LogP contribution in [0.25, 0.3) is 0 Å². The van der Waals surface area contributed by atoms with E-state index in [9.17, 15) is 13.6 Å². The van der Waals surface area contributed by atoms with Gasteiger partial charge in [-0.1, -0.05) is 0 Å². The van der Waals surface area contributed by atoms with Crippen molar-refractivity contribution in [1.82, 2.24) is 0 Å². The summed E-state index contributed by atoms with van der Waals surface area (Å²) in [5, 5.41) is 0. The molecule has 0 aromatic carbocycles. The molecule has 0 aliphatic heterocycles. The molecule has 0 atom stereocenters. The predicted molar refractivity (Wildman–Crippen MR) is 31.8 cm³/mol. The molecule has 0 heterocycles. The van der Waals surface area contributed by atoms with Gasteiger partial charge in [-0.15, -0.1) is 0 Å². The summed E-state index contributed by atoms with van der Waals surface area (Å²) in [5.74, 6) is -3.06. The molecule has 1 aliphatic carbocycles. The number of carbonyl (C=O) groups excluding carboxylic acids is 1. The van der Waals surface area contributed by atoms with Gasteiger partial charge in [-0.05, 0) is 6.92 Å². The lowest BCUT2D eigenvalue weighted by Crippen LogP contribution is -2.62.